The minimum absolute atomic E-state index is 0.127. The Morgan fingerprint density at radius 3 is 2.15 bits per heavy atom. The molecule has 0 aliphatic heterocycles. The van der Waals surface area contributed by atoms with Gasteiger partial charge >= 0.3 is 6.03 Å². The van der Waals surface area contributed by atoms with Gasteiger partial charge in [0.05, 0.1) is 6.04 Å². The van der Waals surface area contributed by atoms with Crippen LogP contribution in [-0.2, 0) is 6.42 Å². The molecule has 0 bridgehead atoms. The van der Waals surface area contributed by atoms with Crippen LogP contribution in [0, 0.1) is 0 Å². The SMILES string of the molecule is CN(C)c1ccc(C(CNC(=O)NCCc2ccccc2)N(C)C)cc1. The van der Waals surface area contributed by atoms with E-state index >= 15 is 0 Å². The van der Waals surface area contributed by atoms with Crippen molar-refractivity contribution in [2.75, 3.05) is 46.2 Å². The molecule has 2 rings (SSSR count). The minimum atomic E-state index is -0.127. The van der Waals surface area contributed by atoms with E-state index in [1.165, 1.54) is 11.1 Å². The van der Waals surface area contributed by atoms with Gasteiger partial charge in [0.1, 0.15) is 0 Å². The van der Waals surface area contributed by atoms with Gasteiger partial charge in [-0.3, -0.25) is 0 Å². The fraction of sp³-hybridized carbons (Fsp3) is 0.381. The number of benzene rings is 2. The lowest BCUT2D eigenvalue weighted by molar-refractivity contribution is 0.233. The zero-order chi connectivity index (χ0) is 18.9. The molecule has 5 nitrogen and oxygen atoms in total. The molecule has 1 unspecified atom stereocenters. The minimum Gasteiger partial charge on any atom is -0.378 e. The second-order valence-electron chi connectivity index (χ2n) is 6.84. The molecule has 0 saturated heterocycles. The van der Waals surface area contributed by atoms with Crippen LogP contribution >= 0.6 is 0 Å². The molecule has 2 aromatic rings. The van der Waals surface area contributed by atoms with E-state index in [2.05, 4.69) is 56.8 Å². The van der Waals surface area contributed by atoms with Crippen LogP contribution in [0.1, 0.15) is 17.2 Å². The first-order chi connectivity index (χ1) is 12.5. The van der Waals surface area contributed by atoms with Crippen molar-refractivity contribution in [3.63, 3.8) is 0 Å². The summed E-state index contributed by atoms with van der Waals surface area (Å²) in [6, 6.07) is 18.6. The Balaban J connectivity index is 1.82. The lowest BCUT2D eigenvalue weighted by Crippen LogP contribution is -2.41. The van der Waals surface area contributed by atoms with Crippen LogP contribution in [-0.4, -0.2) is 52.2 Å². The van der Waals surface area contributed by atoms with Gasteiger partial charge < -0.3 is 20.4 Å². The number of nitrogens with one attached hydrogen (secondary N) is 2. The molecular weight excluding hydrogens is 324 g/mol. The molecular formula is C21H30N4O. The Morgan fingerprint density at radius 1 is 0.923 bits per heavy atom. The second kappa shape index (κ2) is 9.82. The number of hydrogen-bond acceptors (Lipinski definition) is 3. The van der Waals surface area contributed by atoms with Gasteiger partial charge in [-0.1, -0.05) is 42.5 Å². The zero-order valence-corrected chi connectivity index (χ0v) is 16.2. The Morgan fingerprint density at radius 2 is 1.58 bits per heavy atom. The highest BCUT2D eigenvalue weighted by atomic mass is 16.2. The molecule has 0 aromatic heterocycles. The molecule has 0 aliphatic rings. The van der Waals surface area contributed by atoms with Crippen molar-refractivity contribution in [3.8, 4) is 0 Å². The Hall–Kier alpha value is -2.53. The number of urea groups is 1. The topological polar surface area (TPSA) is 47.6 Å². The van der Waals surface area contributed by atoms with Crippen LogP contribution in [0.25, 0.3) is 0 Å². The average Bonchev–Trinajstić information content (AvgIpc) is 2.63. The summed E-state index contributed by atoms with van der Waals surface area (Å²) in [5.74, 6) is 0. The Bertz CT molecular complexity index is 668. The first kappa shape index (κ1) is 19.8. The molecule has 140 valence electrons. The van der Waals surface area contributed by atoms with E-state index in [-0.39, 0.29) is 12.1 Å². The van der Waals surface area contributed by atoms with Crippen molar-refractivity contribution < 1.29 is 4.79 Å². The summed E-state index contributed by atoms with van der Waals surface area (Å²) in [6.07, 6.45) is 0.831. The van der Waals surface area contributed by atoms with Gasteiger partial charge in [-0.2, -0.15) is 0 Å². The van der Waals surface area contributed by atoms with Crippen molar-refractivity contribution in [1.82, 2.24) is 15.5 Å². The van der Waals surface area contributed by atoms with Crippen molar-refractivity contribution in [2.45, 2.75) is 12.5 Å². The average molecular weight is 354 g/mol. The lowest BCUT2D eigenvalue weighted by Gasteiger charge is -2.26. The molecule has 0 saturated carbocycles. The molecule has 0 heterocycles. The summed E-state index contributed by atoms with van der Waals surface area (Å²) >= 11 is 0. The number of likely N-dealkylation sites (N-methyl/N-ethyl adjacent to an activating group) is 1. The summed E-state index contributed by atoms with van der Waals surface area (Å²) in [6.45, 7) is 1.19. The fourth-order valence-corrected chi connectivity index (χ4v) is 2.81. The normalized spacial score (nSPS) is 11.9. The molecule has 2 amide bonds. The highest BCUT2D eigenvalue weighted by Crippen LogP contribution is 2.20. The van der Waals surface area contributed by atoms with E-state index in [0.29, 0.717) is 13.1 Å². The van der Waals surface area contributed by atoms with E-state index in [4.69, 9.17) is 0 Å². The van der Waals surface area contributed by atoms with E-state index in [9.17, 15) is 4.79 Å². The Labute approximate surface area is 157 Å². The van der Waals surface area contributed by atoms with Crippen LogP contribution < -0.4 is 15.5 Å². The molecule has 5 heteroatoms. The Kier molecular flexibility index (Phi) is 7.48. The number of amides is 2. The van der Waals surface area contributed by atoms with Gasteiger partial charge in [0.2, 0.25) is 0 Å². The predicted octanol–water partition coefficient (Wildman–Crippen LogP) is 2.90. The van der Waals surface area contributed by atoms with Crippen molar-refractivity contribution >= 4 is 11.7 Å². The second-order valence-corrected chi connectivity index (χ2v) is 6.84. The van der Waals surface area contributed by atoms with Crippen LogP contribution in [0.3, 0.4) is 0 Å². The highest BCUT2D eigenvalue weighted by molar-refractivity contribution is 5.73. The number of carbonyl (C=O) groups is 1. The monoisotopic (exact) mass is 354 g/mol. The van der Waals surface area contributed by atoms with Crippen molar-refractivity contribution in [2.24, 2.45) is 0 Å². The maximum Gasteiger partial charge on any atom is 0.314 e. The van der Waals surface area contributed by atoms with Gasteiger partial charge in [-0.25, -0.2) is 4.79 Å². The van der Waals surface area contributed by atoms with E-state index < -0.39 is 0 Å². The van der Waals surface area contributed by atoms with Gasteiger partial charge in [-0.05, 0) is 43.8 Å². The van der Waals surface area contributed by atoms with Crippen LogP contribution in [0.4, 0.5) is 10.5 Å². The number of anilines is 1. The summed E-state index contributed by atoms with van der Waals surface area (Å²) in [7, 11) is 8.11. The number of carbonyl (C=O) groups excluding carboxylic acids is 1. The molecule has 1 atom stereocenters. The molecule has 0 spiro atoms. The third-order valence-corrected chi connectivity index (χ3v) is 4.42. The number of hydrogen-bond donors (Lipinski definition) is 2. The predicted molar refractivity (Wildman–Crippen MR) is 109 cm³/mol. The number of nitrogens with zero attached hydrogens (tertiary/aromatic N) is 2. The fourth-order valence-electron chi connectivity index (χ4n) is 2.81. The quantitative estimate of drug-likeness (QED) is 0.766. The lowest BCUT2D eigenvalue weighted by atomic mass is 10.1. The maximum atomic E-state index is 12.1. The molecule has 0 radical (unpaired) electrons. The molecule has 0 aliphatic carbocycles. The zero-order valence-electron chi connectivity index (χ0n) is 16.2. The standard InChI is InChI=1S/C21H30N4O/c1-24(2)19-12-10-18(11-13-19)20(25(3)4)16-23-21(26)22-15-14-17-8-6-5-7-9-17/h5-13,20H,14-16H2,1-4H3,(H2,22,23,26). The van der Waals surface area contributed by atoms with Crippen LogP contribution in [0.5, 0.6) is 0 Å². The van der Waals surface area contributed by atoms with Crippen LogP contribution in [0.15, 0.2) is 54.6 Å². The summed E-state index contributed by atoms with van der Waals surface area (Å²) in [5, 5.41) is 5.91. The molecule has 0 fully saturated rings. The molecule has 2 N–H and O–H groups in total. The smallest absolute Gasteiger partial charge is 0.314 e. The summed E-state index contributed by atoms with van der Waals surface area (Å²) in [4.78, 5) is 16.3. The third kappa shape index (κ3) is 6.08. The number of rotatable bonds is 8. The molecule has 2 aromatic carbocycles. The van der Waals surface area contributed by atoms with E-state index in [0.717, 1.165) is 12.1 Å². The first-order valence-corrected chi connectivity index (χ1v) is 8.96. The first-order valence-electron chi connectivity index (χ1n) is 8.96. The van der Waals surface area contributed by atoms with Gasteiger partial charge in [0, 0.05) is 32.9 Å². The van der Waals surface area contributed by atoms with Gasteiger partial charge in [-0.15, -0.1) is 0 Å². The highest BCUT2D eigenvalue weighted by Gasteiger charge is 2.15. The van der Waals surface area contributed by atoms with Gasteiger partial charge in [0.25, 0.3) is 0 Å². The van der Waals surface area contributed by atoms with E-state index in [1.807, 2.05) is 46.4 Å². The van der Waals surface area contributed by atoms with Crippen molar-refractivity contribution in [3.05, 3.63) is 65.7 Å². The molecule has 26 heavy (non-hydrogen) atoms. The van der Waals surface area contributed by atoms with Crippen LogP contribution in [0.2, 0.25) is 0 Å². The van der Waals surface area contributed by atoms with E-state index in [1.54, 1.807) is 0 Å². The van der Waals surface area contributed by atoms with Gasteiger partial charge in [0.15, 0.2) is 0 Å². The third-order valence-electron chi connectivity index (χ3n) is 4.42. The summed E-state index contributed by atoms with van der Waals surface area (Å²) < 4.78 is 0. The maximum absolute atomic E-state index is 12.1. The summed E-state index contributed by atoms with van der Waals surface area (Å²) in [5.41, 5.74) is 3.57. The largest absolute Gasteiger partial charge is 0.378 e. The van der Waals surface area contributed by atoms with Crippen molar-refractivity contribution in [1.29, 1.82) is 0 Å².